The molecular formula is C15H20N2O2S. The van der Waals surface area contributed by atoms with Crippen molar-refractivity contribution in [3.05, 3.63) is 29.8 Å². The lowest BCUT2D eigenvalue weighted by Crippen LogP contribution is -2.52. The Morgan fingerprint density at radius 3 is 2.90 bits per heavy atom. The van der Waals surface area contributed by atoms with E-state index < -0.39 is 0 Å². The number of amides is 1. The number of carbonyl (C=O) groups excluding carboxylic acids is 1. The molecule has 1 heterocycles. The number of rotatable bonds is 4. The van der Waals surface area contributed by atoms with Crippen LogP contribution in [-0.2, 0) is 4.79 Å². The van der Waals surface area contributed by atoms with E-state index in [4.69, 9.17) is 4.74 Å². The summed E-state index contributed by atoms with van der Waals surface area (Å²) in [6.45, 7) is 2.07. The summed E-state index contributed by atoms with van der Waals surface area (Å²) in [5, 5.41) is 0. The van der Waals surface area contributed by atoms with Crippen molar-refractivity contribution < 1.29 is 9.53 Å². The SMILES string of the molecule is COc1ccc(/C=C/C2NNC(=O)CC2C)c(SC)c1. The highest BCUT2D eigenvalue weighted by atomic mass is 32.2. The summed E-state index contributed by atoms with van der Waals surface area (Å²) in [7, 11) is 1.67. The fourth-order valence-electron chi connectivity index (χ4n) is 2.18. The first-order valence-electron chi connectivity index (χ1n) is 6.58. The molecule has 0 radical (unpaired) electrons. The van der Waals surface area contributed by atoms with Gasteiger partial charge in [-0.05, 0) is 29.9 Å². The predicted molar refractivity (Wildman–Crippen MR) is 82.7 cm³/mol. The average Bonchev–Trinajstić information content (AvgIpc) is 2.46. The van der Waals surface area contributed by atoms with Gasteiger partial charge in [0.2, 0.25) is 5.91 Å². The third-order valence-corrected chi connectivity index (χ3v) is 4.22. The molecule has 0 spiro atoms. The van der Waals surface area contributed by atoms with E-state index >= 15 is 0 Å². The molecule has 1 saturated heterocycles. The van der Waals surface area contributed by atoms with Crippen LogP contribution in [0, 0.1) is 5.92 Å². The summed E-state index contributed by atoms with van der Waals surface area (Å²) in [6, 6.07) is 6.19. The standard InChI is InChI=1S/C15H20N2O2S/c1-10-8-15(18)17-16-13(10)7-5-11-4-6-12(19-2)9-14(11)20-3/h4-7,9-10,13,16H,8H2,1-3H3,(H,17,18)/b7-5+. The van der Waals surface area contributed by atoms with Gasteiger partial charge in [0.25, 0.3) is 0 Å². The average molecular weight is 292 g/mol. The van der Waals surface area contributed by atoms with E-state index in [0.29, 0.717) is 6.42 Å². The molecule has 5 heteroatoms. The van der Waals surface area contributed by atoms with Crippen molar-refractivity contribution >= 4 is 23.7 Å². The Morgan fingerprint density at radius 2 is 2.25 bits per heavy atom. The summed E-state index contributed by atoms with van der Waals surface area (Å²) in [5.41, 5.74) is 6.87. The van der Waals surface area contributed by atoms with Crippen LogP contribution in [0.4, 0.5) is 0 Å². The second-order valence-corrected chi connectivity index (χ2v) is 5.71. The zero-order valence-corrected chi connectivity index (χ0v) is 12.8. The molecule has 2 N–H and O–H groups in total. The fraction of sp³-hybridized carbons (Fsp3) is 0.400. The number of ether oxygens (including phenoxy) is 1. The van der Waals surface area contributed by atoms with Gasteiger partial charge in [0.1, 0.15) is 5.75 Å². The van der Waals surface area contributed by atoms with Crippen LogP contribution in [0.15, 0.2) is 29.2 Å². The van der Waals surface area contributed by atoms with Crippen molar-refractivity contribution in [2.24, 2.45) is 5.92 Å². The molecule has 1 aliphatic rings. The number of methoxy groups -OCH3 is 1. The van der Waals surface area contributed by atoms with Crippen molar-refractivity contribution in [2.75, 3.05) is 13.4 Å². The highest BCUT2D eigenvalue weighted by Crippen LogP contribution is 2.27. The maximum Gasteiger partial charge on any atom is 0.234 e. The van der Waals surface area contributed by atoms with E-state index in [-0.39, 0.29) is 17.9 Å². The zero-order chi connectivity index (χ0) is 14.5. The van der Waals surface area contributed by atoms with Crippen molar-refractivity contribution in [3.8, 4) is 5.75 Å². The highest BCUT2D eigenvalue weighted by molar-refractivity contribution is 7.98. The molecule has 1 amide bonds. The Labute approximate surface area is 123 Å². The minimum atomic E-state index is 0.0522. The molecule has 0 aromatic heterocycles. The van der Waals surface area contributed by atoms with Gasteiger partial charge in [0.15, 0.2) is 0 Å². The molecule has 1 aliphatic heterocycles. The first-order chi connectivity index (χ1) is 9.63. The van der Waals surface area contributed by atoms with Crippen LogP contribution in [0.5, 0.6) is 5.75 Å². The first-order valence-corrected chi connectivity index (χ1v) is 7.81. The maximum absolute atomic E-state index is 11.2. The number of carbonyl (C=O) groups is 1. The molecule has 20 heavy (non-hydrogen) atoms. The third kappa shape index (κ3) is 3.55. The summed E-state index contributed by atoms with van der Waals surface area (Å²) in [6.07, 6.45) is 6.80. The minimum Gasteiger partial charge on any atom is -0.497 e. The summed E-state index contributed by atoms with van der Waals surface area (Å²) < 4.78 is 5.24. The number of benzene rings is 1. The molecule has 1 aromatic rings. The molecule has 0 bridgehead atoms. The van der Waals surface area contributed by atoms with Gasteiger partial charge in [-0.15, -0.1) is 11.8 Å². The monoisotopic (exact) mass is 292 g/mol. The maximum atomic E-state index is 11.2. The second-order valence-electron chi connectivity index (χ2n) is 4.87. The molecule has 2 unspecified atom stereocenters. The van der Waals surface area contributed by atoms with E-state index in [1.807, 2.05) is 24.5 Å². The Morgan fingerprint density at radius 1 is 1.45 bits per heavy atom. The van der Waals surface area contributed by atoms with E-state index in [9.17, 15) is 4.79 Å². The fourth-order valence-corrected chi connectivity index (χ4v) is 2.78. The summed E-state index contributed by atoms with van der Waals surface area (Å²) in [4.78, 5) is 12.4. The lowest BCUT2D eigenvalue weighted by atomic mass is 9.96. The predicted octanol–water partition coefficient (Wildman–Crippen LogP) is 2.46. The molecular weight excluding hydrogens is 272 g/mol. The van der Waals surface area contributed by atoms with Crippen LogP contribution in [0.1, 0.15) is 18.9 Å². The van der Waals surface area contributed by atoms with Crippen molar-refractivity contribution in [2.45, 2.75) is 24.3 Å². The van der Waals surface area contributed by atoms with Crippen LogP contribution < -0.4 is 15.6 Å². The Hall–Kier alpha value is -1.46. The Balaban J connectivity index is 2.12. The Kier molecular flexibility index (Phi) is 5.09. The lowest BCUT2D eigenvalue weighted by Gasteiger charge is -2.27. The molecule has 108 valence electrons. The van der Waals surface area contributed by atoms with Crippen LogP contribution in [0.2, 0.25) is 0 Å². The van der Waals surface area contributed by atoms with Gasteiger partial charge >= 0.3 is 0 Å². The smallest absolute Gasteiger partial charge is 0.234 e. The topological polar surface area (TPSA) is 50.4 Å². The second kappa shape index (κ2) is 6.81. The quantitative estimate of drug-likeness (QED) is 0.837. The molecule has 1 fully saturated rings. The van der Waals surface area contributed by atoms with Crippen LogP contribution in [0.25, 0.3) is 6.08 Å². The van der Waals surface area contributed by atoms with Gasteiger partial charge < -0.3 is 4.74 Å². The van der Waals surface area contributed by atoms with Gasteiger partial charge in [-0.25, -0.2) is 5.43 Å². The lowest BCUT2D eigenvalue weighted by molar-refractivity contribution is -0.125. The molecule has 0 saturated carbocycles. The van der Waals surface area contributed by atoms with Crippen molar-refractivity contribution in [1.29, 1.82) is 0 Å². The molecule has 1 aromatic carbocycles. The number of hydrazine groups is 1. The van der Waals surface area contributed by atoms with Gasteiger partial charge in [0, 0.05) is 17.4 Å². The van der Waals surface area contributed by atoms with E-state index in [2.05, 4.69) is 29.9 Å². The number of hydrogen-bond donors (Lipinski definition) is 2. The van der Waals surface area contributed by atoms with E-state index in [0.717, 1.165) is 11.3 Å². The van der Waals surface area contributed by atoms with Crippen LogP contribution in [-0.4, -0.2) is 25.3 Å². The largest absolute Gasteiger partial charge is 0.497 e. The first kappa shape index (κ1) is 14.9. The highest BCUT2D eigenvalue weighted by Gasteiger charge is 2.22. The molecule has 4 nitrogen and oxygen atoms in total. The number of thioether (sulfide) groups is 1. The van der Waals surface area contributed by atoms with Crippen molar-refractivity contribution in [1.82, 2.24) is 10.9 Å². The molecule has 0 aliphatic carbocycles. The molecule has 2 atom stereocenters. The third-order valence-electron chi connectivity index (χ3n) is 3.42. The minimum absolute atomic E-state index is 0.0522. The summed E-state index contributed by atoms with van der Waals surface area (Å²) >= 11 is 1.69. The summed E-state index contributed by atoms with van der Waals surface area (Å²) in [5.74, 6) is 1.20. The van der Waals surface area contributed by atoms with Gasteiger partial charge in [-0.1, -0.05) is 25.1 Å². The number of hydrogen-bond acceptors (Lipinski definition) is 4. The van der Waals surface area contributed by atoms with E-state index in [1.54, 1.807) is 18.9 Å². The van der Waals surface area contributed by atoms with Gasteiger partial charge in [-0.3, -0.25) is 10.2 Å². The van der Waals surface area contributed by atoms with Gasteiger partial charge in [0.05, 0.1) is 7.11 Å². The number of nitrogens with one attached hydrogen (secondary N) is 2. The normalized spacial score (nSPS) is 22.9. The van der Waals surface area contributed by atoms with E-state index in [1.165, 1.54) is 4.90 Å². The Bertz CT molecular complexity index is 517. The van der Waals surface area contributed by atoms with Crippen LogP contribution >= 0.6 is 11.8 Å². The van der Waals surface area contributed by atoms with Crippen molar-refractivity contribution in [3.63, 3.8) is 0 Å². The molecule has 2 rings (SSSR count). The van der Waals surface area contributed by atoms with Crippen LogP contribution in [0.3, 0.4) is 0 Å². The zero-order valence-electron chi connectivity index (χ0n) is 12.0. The van der Waals surface area contributed by atoms with Gasteiger partial charge in [-0.2, -0.15) is 0 Å².